The first kappa shape index (κ1) is 16.9. The Morgan fingerprint density at radius 3 is 3.00 bits per heavy atom. The lowest BCUT2D eigenvalue weighted by Gasteiger charge is -2.35. The second-order valence-electron chi connectivity index (χ2n) is 5.91. The number of nitro benzene ring substituents is 1. The number of ether oxygens (including phenoxy) is 1. The summed E-state index contributed by atoms with van der Waals surface area (Å²) in [5.74, 6) is -0.0360. The van der Waals surface area contributed by atoms with Crippen molar-refractivity contribution in [3.8, 4) is 5.75 Å². The Labute approximate surface area is 144 Å². The number of nitro groups is 1. The van der Waals surface area contributed by atoms with Gasteiger partial charge in [0.2, 0.25) is 0 Å². The molecule has 1 fully saturated rings. The van der Waals surface area contributed by atoms with Crippen LogP contribution >= 0.6 is 0 Å². The van der Waals surface area contributed by atoms with Gasteiger partial charge in [-0.15, -0.1) is 0 Å². The van der Waals surface area contributed by atoms with Crippen LogP contribution in [0, 0.1) is 10.1 Å². The number of amides is 1. The third-order valence-corrected chi connectivity index (χ3v) is 4.37. The van der Waals surface area contributed by atoms with Gasteiger partial charge in [-0.25, -0.2) is 0 Å². The van der Waals surface area contributed by atoms with Gasteiger partial charge in [0.15, 0.2) is 5.75 Å². The third kappa shape index (κ3) is 3.47. The summed E-state index contributed by atoms with van der Waals surface area (Å²) in [5, 5.41) is 18.0. The predicted octanol–water partition coefficient (Wildman–Crippen LogP) is 3.08. The van der Waals surface area contributed by atoms with E-state index in [0.29, 0.717) is 18.7 Å². The van der Waals surface area contributed by atoms with E-state index in [-0.39, 0.29) is 23.4 Å². The number of carbonyl (C=O) groups excluding carboxylic acids is 1. The van der Waals surface area contributed by atoms with E-state index in [1.807, 2.05) is 0 Å². The van der Waals surface area contributed by atoms with Gasteiger partial charge < -0.3 is 9.64 Å². The number of H-pyrrole nitrogens is 1. The van der Waals surface area contributed by atoms with E-state index in [2.05, 4.69) is 10.2 Å². The molecule has 2 aromatic rings. The number of aromatic amines is 1. The highest BCUT2D eigenvalue weighted by Gasteiger charge is 2.30. The average molecular weight is 344 g/mol. The van der Waals surface area contributed by atoms with Crippen molar-refractivity contribution in [2.24, 2.45) is 0 Å². The Kier molecular flexibility index (Phi) is 4.97. The summed E-state index contributed by atoms with van der Waals surface area (Å²) in [6, 6.07) is 4.31. The van der Waals surface area contributed by atoms with Crippen LogP contribution in [0.2, 0.25) is 0 Å². The van der Waals surface area contributed by atoms with Gasteiger partial charge in [-0.2, -0.15) is 5.10 Å². The Morgan fingerprint density at radius 2 is 2.32 bits per heavy atom. The number of rotatable bonds is 5. The molecule has 0 aliphatic carbocycles. The lowest BCUT2D eigenvalue weighted by Crippen LogP contribution is -2.38. The van der Waals surface area contributed by atoms with Crippen LogP contribution in [0.5, 0.6) is 5.75 Å². The lowest BCUT2D eigenvalue weighted by atomic mass is 9.96. The van der Waals surface area contributed by atoms with Crippen LogP contribution in [0.4, 0.5) is 5.69 Å². The van der Waals surface area contributed by atoms with E-state index in [1.54, 1.807) is 30.3 Å². The van der Waals surface area contributed by atoms with Gasteiger partial charge in [-0.1, -0.05) is 0 Å². The smallest absolute Gasteiger partial charge is 0.311 e. The Morgan fingerprint density at radius 1 is 1.48 bits per heavy atom. The van der Waals surface area contributed by atoms with Gasteiger partial charge in [-0.3, -0.25) is 20.0 Å². The van der Waals surface area contributed by atoms with Crippen molar-refractivity contribution < 1.29 is 14.5 Å². The highest BCUT2D eigenvalue weighted by Crippen LogP contribution is 2.33. The zero-order valence-electron chi connectivity index (χ0n) is 14.0. The Bertz CT molecular complexity index is 760. The summed E-state index contributed by atoms with van der Waals surface area (Å²) in [4.78, 5) is 25.5. The second kappa shape index (κ2) is 7.33. The maximum atomic E-state index is 13.0. The Hall–Kier alpha value is -2.90. The van der Waals surface area contributed by atoms with Crippen LogP contribution in [-0.4, -0.2) is 39.1 Å². The molecule has 2 heterocycles. The first-order chi connectivity index (χ1) is 12.1. The average Bonchev–Trinajstić information content (AvgIpc) is 3.16. The molecule has 1 aliphatic heterocycles. The first-order valence-electron chi connectivity index (χ1n) is 8.32. The van der Waals surface area contributed by atoms with Crippen LogP contribution in [0.15, 0.2) is 30.6 Å². The molecule has 8 nitrogen and oxygen atoms in total. The van der Waals surface area contributed by atoms with Crippen molar-refractivity contribution in [1.82, 2.24) is 15.1 Å². The number of piperidine rings is 1. The summed E-state index contributed by atoms with van der Waals surface area (Å²) in [6.07, 6.45) is 6.31. The molecular weight excluding hydrogens is 324 g/mol. The van der Waals surface area contributed by atoms with Crippen LogP contribution < -0.4 is 4.74 Å². The minimum absolute atomic E-state index is 0.0642. The molecule has 8 heteroatoms. The molecule has 1 N–H and O–H groups in total. The zero-order valence-corrected chi connectivity index (χ0v) is 14.0. The van der Waals surface area contributed by atoms with Crippen molar-refractivity contribution >= 4 is 11.6 Å². The van der Waals surface area contributed by atoms with E-state index in [4.69, 9.17) is 4.74 Å². The molecule has 0 saturated carbocycles. The first-order valence-corrected chi connectivity index (χ1v) is 8.32. The van der Waals surface area contributed by atoms with Gasteiger partial charge >= 0.3 is 5.69 Å². The summed E-state index contributed by atoms with van der Waals surface area (Å²) in [5.41, 5.74) is 1.06. The van der Waals surface area contributed by atoms with Crippen molar-refractivity contribution in [3.05, 3.63) is 51.8 Å². The maximum absolute atomic E-state index is 13.0. The largest absolute Gasteiger partial charge is 0.487 e. The minimum atomic E-state index is -0.522. The third-order valence-electron chi connectivity index (χ3n) is 4.37. The van der Waals surface area contributed by atoms with Crippen LogP contribution in [0.25, 0.3) is 0 Å². The van der Waals surface area contributed by atoms with E-state index in [9.17, 15) is 14.9 Å². The highest BCUT2D eigenvalue weighted by atomic mass is 16.6. The second-order valence-corrected chi connectivity index (χ2v) is 5.91. The number of nitrogens with one attached hydrogen (secondary N) is 1. The molecule has 0 unspecified atom stereocenters. The predicted molar refractivity (Wildman–Crippen MR) is 90.5 cm³/mol. The fourth-order valence-corrected chi connectivity index (χ4v) is 3.20. The normalized spacial score (nSPS) is 17.3. The Balaban J connectivity index is 1.91. The monoisotopic (exact) mass is 344 g/mol. The van der Waals surface area contributed by atoms with Crippen LogP contribution in [-0.2, 0) is 0 Å². The highest BCUT2D eigenvalue weighted by molar-refractivity contribution is 5.95. The summed E-state index contributed by atoms with van der Waals surface area (Å²) < 4.78 is 5.28. The molecule has 0 radical (unpaired) electrons. The molecule has 1 atom stereocenters. The van der Waals surface area contributed by atoms with Gasteiger partial charge in [-0.05, 0) is 38.3 Å². The molecule has 0 bridgehead atoms. The molecule has 1 saturated heterocycles. The quantitative estimate of drug-likeness (QED) is 0.663. The molecule has 25 heavy (non-hydrogen) atoms. The lowest BCUT2D eigenvalue weighted by molar-refractivity contribution is -0.385. The fraction of sp³-hybridized carbons (Fsp3) is 0.412. The van der Waals surface area contributed by atoms with Gasteiger partial charge in [0.1, 0.15) is 0 Å². The molecule has 1 aliphatic rings. The number of carbonyl (C=O) groups is 1. The summed E-state index contributed by atoms with van der Waals surface area (Å²) >= 11 is 0. The fourth-order valence-electron chi connectivity index (χ4n) is 3.20. The molecule has 132 valence electrons. The van der Waals surface area contributed by atoms with Crippen LogP contribution in [0.1, 0.15) is 48.1 Å². The molecule has 1 aromatic heterocycles. The van der Waals surface area contributed by atoms with Crippen molar-refractivity contribution in [3.63, 3.8) is 0 Å². The minimum Gasteiger partial charge on any atom is -0.487 e. The molecule has 1 aromatic carbocycles. The SMILES string of the molecule is CCOc1ccc(C(=O)N2CCCC[C@@H]2c2cn[nH]c2)cc1[N+](=O)[O-]. The van der Waals surface area contributed by atoms with Crippen molar-refractivity contribution in [2.75, 3.05) is 13.2 Å². The number of aromatic nitrogens is 2. The van der Waals surface area contributed by atoms with Crippen LogP contribution in [0.3, 0.4) is 0 Å². The van der Waals surface area contributed by atoms with E-state index >= 15 is 0 Å². The molecule has 0 spiro atoms. The number of likely N-dealkylation sites (tertiary alicyclic amines) is 1. The number of hydrogen-bond donors (Lipinski definition) is 1. The molecular formula is C17H20N4O4. The van der Waals surface area contributed by atoms with Crippen molar-refractivity contribution in [1.29, 1.82) is 0 Å². The number of benzene rings is 1. The van der Waals surface area contributed by atoms with Gasteiger partial charge in [0, 0.05) is 29.9 Å². The summed E-state index contributed by atoms with van der Waals surface area (Å²) in [7, 11) is 0. The van der Waals surface area contributed by atoms with E-state index in [1.165, 1.54) is 12.1 Å². The topological polar surface area (TPSA) is 101 Å². The number of nitrogens with zero attached hydrogens (tertiary/aromatic N) is 3. The molecule has 3 rings (SSSR count). The van der Waals surface area contributed by atoms with Crippen molar-refractivity contribution in [2.45, 2.75) is 32.2 Å². The summed E-state index contributed by atoms with van der Waals surface area (Å²) in [6.45, 7) is 2.70. The zero-order chi connectivity index (χ0) is 17.8. The van der Waals surface area contributed by atoms with Gasteiger partial charge in [0.25, 0.3) is 5.91 Å². The van der Waals surface area contributed by atoms with E-state index < -0.39 is 4.92 Å². The molecule has 1 amide bonds. The standard InChI is InChI=1S/C17H20N4O4/c1-2-25-16-7-6-12(9-15(16)21(23)24)17(22)20-8-4-3-5-14(20)13-10-18-19-11-13/h6-7,9-11,14H,2-5,8H2,1H3,(H,18,19)/t14-/m1/s1. The number of hydrogen-bond acceptors (Lipinski definition) is 5. The van der Waals surface area contributed by atoms with Gasteiger partial charge in [0.05, 0.1) is 23.8 Å². The van der Waals surface area contributed by atoms with E-state index in [0.717, 1.165) is 24.8 Å². The maximum Gasteiger partial charge on any atom is 0.311 e.